The molecule has 1 unspecified atom stereocenters. The van der Waals surface area contributed by atoms with Crippen LogP contribution in [0.2, 0.25) is 0 Å². The van der Waals surface area contributed by atoms with E-state index in [1.165, 1.54) is 13.0 Å². The van der Waals surface area contributed by atoms with Gasteiger partial charge in [-0.1, -0.05) is 19.3 Å². The molecule has 0 radical (unpaired) electrons. The molecule has 0 aliphatic heterocycles. The maximum Gasteiger partial charge on any atom is 0.340 e. The number of nitrogens with one attached hydrogen (secondary N) is 2. The summed E-state index contributed by atoms with van der Waals surface area (Å²) in [6.45, 7) is 1.36. The van der Waals surface area contributed by atoms with Gasteiger partial charge in [0.25, 0.3) is 5.91 Å². The number of halogens is 2. The molecule has 0 bridgehead atoms. The number of amides is 3. The van der Waals surface area contributed by atoms with Crippen LogP contribution in [0.15, 0.2) is 22.7 Å². The summed E-state index contributed by atoms with van der Waals surface area (Å²) in [6.07, 6.45) is 3.89. The molecule has 0 heterocycles. The highest BCUT2D eigenvalue weighted by Gasteiger charge is 2.23. The first-order valence-corrected chi connectivity index (χ1v) is 8.93. The van der Waals surface area contributed by atoms with Crippen molar-refractivity contribution in [1.29, 1.82) is 0 Å². The third-order valence-corrected chi connectivity index (χ3v) is 4.64. The van der Waals surface area contributed by atoms with Gasteiger partial charge >= 0.3 is 12.0 Å². The lowest BCUT2D eigenvalue weighted by atomic mass is 9.96. The molecule has 1 aliphatic rings. The zero-order valence-electron chi connectivity index (χ0n) is 13.8. The van der Waals surface area contributed by atoms with E-state index in [0.717, 1.165) is 44.2 Å². The lowest BCUT2D eigenvalue weighted by molar-refractivity contribution is -0.127. The van der Waals surface area contributed by atoms with Crippen LogP contribution in [-0.2, 0) is 9.53 Å². The molecule has 1 saturated carbocycles. The van der Waals surface area contributed by atoms with Crippen molar-refractivity contribution in [1.82, 2.24) is 10.6 Å². The van der Waals surface area contributed by atoms with Crippen LogP contribution in [0.5, 0.6) is 0 Å². The first kappa shape index (κ1) is 19.4. The number of rotatable bonds is 4. The molecule has 2 rings (SSSR count). The van der Waals surface area contributed by atoms with Gasteiger partial charge in [0.05, 0.1) is 5.56 Å². The molecule has 6 nitrogen and oxygen atoms in total. The quantitative estimate of drug-likeness (QED) is 0.740. The molecule has 25 heavy (non-hydrogen) atoms. The van der Waals surface area contributed by atoms with Crippen molar-refractivity contribution in [3.8, 4) is 0 Å². The number of hydrogen-bond acceptors (Lipinski definition) is 4. The lowest BCUT2D eigenvalue weighted by Crippen LogP contribution is -2.48. The predicted octanol–water partition coefficient (Wildman–Crippen LogP) is 3.29. The average molecular weight is 415 g/mol. The summed E-state index contributed by atoms with van der Waals surface area (Å²) >= 11 is 3.06. The van der Waals surface area contributed by atoms with Crippen LogP contribution in [0.3, 0.4) is 0 Å². The normalized spacial score (nSPS) is 16.0. The highest BCUT2D eigenvalue weighted by Crippen LogP contribution is 2.19. The zero-order valence-corrected chi connectivity index (χ0v) is 15.4. The van der Waals surface area contributed by atoms with Crippen LogP contribution < -0.4 is 10.6 Å². The van der Waals surface area contributed by atoms with Gasteiger partial charge in [0, 0.05) is 10.5 Å². The van der Waals surface area contributed by atoms with Gasteiger partial charge < -0.3 is 10.1 Å². The van der Waals surface area contributed by atoms with Gasteiger partial charge in [-0.15, -0.1) is 0 Å². The standard InChI is InChI=1S/C17H20BrFN2O4/c1-10(25-16(23)13-8-7-11(19)9-14(13)18)15(22)21-17(24)20-12-5-3-2-4-6-12/h7-10,12H,2-6H2,1H3,(H2,20,21,22,24). The fourth-order valence-corrected chi connectivity index (χ4v) is 3.13. The summed E-state index contributed by atoms with van der Waals surface area (Å²) < 4.78 is 18.3. The smallest absolute Gasteiger partial charge is 0.340 e. The molecule has 3 amide bonds. The second-order valence-electron chi connectivity index (χ2n) is 5.97. The molecule has 0 spiro atoms. The summed E-state index contributed by atoms with van der Waals surface area (Å²) in [7, 11) is 0. The number of ether oxygens (including phenoxy) is 1. The summed E-state index contributed by atoms with van der Waals surface area (Å²) in [4.78, 5) is 35.9. The predicted molar refractivity (Wildman–Crippen MR) is 92.5 cm³/mol. The van der Waals surface area contributed by atoms with Gasteiger partial charge in [0.2, 0.25) is 0 Å². The Hall–Kier alpha value is -1.96. The van der Waals surface area contributed by atoms with Crippen molar-refractivity contribution < 1.29 is 23.5 Å². The van der Waals surface area contributed by atoms with E-state index in [9.17, 15) is 18.8 Å². The van der Waals surface area contributed by atoms with Crippen LogP contribution >= 0.6 is 15.9 Å². The molecule has 1 atom stereocenters. The van der Waals surface area contributed by atoms with Crippen LogP contribution in [-0.4, -0.2) is 30.1 Å². The number of hydrogen-bond donors (Lipinski definition) is 2. The molecule has 1 fully saturated rings. The van der Waals surface area contributed by atoms with Gasteiger partial charge in [-0.05, 0) is 53.9 Å². The minimum absolute atomic E-state index is 0.0644. The summed E-state index contributed by atoms with van der Waals surface area (Å²) in [5.74, 6) is -2.02. The Morgan fingerprint density at radius 1 is 1.24 bits per heavy atom. The molecule has 8 heteroatoms. The number of urea groups is 1. The molecule has 1 aromatic carbocycles. The molecular weight excluding hydrogens is 395 g/mol. The van der Waals surface area contributed by atoms with Gasteiger partial charge in [0.15, 0.2) is 6.10 Å². The van der Waals surface area contributed by atoms with E-state index in [-0.39, 0.29) is 16.1 Å². The summed E-state index contributed by atoms with van der Waals surface area (Å²) in [6, 6.07) is 2.96. The second-order valence-corrected chi connectivity index (χ2v) is 6.82. The van der Waals surface area contributed by atoms with E-state index in [0.29, 0.717) is 0 Å². The summed E-state index contributed by atoms with van der Waals surface area (Å²) in [5.41, 5.74) is 0.0905. The first-order valence-electron chi connectivity index (χ1n) is 8.14. The minimum Gasteiger partial charge on any atom is -0.449 e. The van der Waals surface area contributed by atoms with Gasteiger partial charge in [-0.25, -0.2) is 14.0 Å². The maximum absolute atomic E-state index is 13.0. The Bertz CT molecular complexity index is 662. The van der Waals surface area contributed by atoms with Crippen molar-refractivity contribution >= 4 is 33.8 Å². The molecule has 136 valence electrons. The van der Waals surface area contributed by atoms with E-state index in [1.807, 2.05) is 0 Å². The first-order chi connectivity index (χ1) is 11.9. The van der Waals surface area contributed by atoms with Crippen LogP contribution in [0.25, 0.3) is 0 Å². The van der Waals surface area contributed by atoms with Crippen molar-refractivity contribution in [2.45, 2.75) is 51.2 Å². The Kier molecular flexibility index (Phi) is 6.92. The Morgan fingerprint density at radius 3 is 2.56 bits per heavy atom. The number of carbonyl (C=O) groups excluding carboxylic acids is 3. The van der Waals surface area contributed by atoms with Crippen molar-refractivity contribution in [3.63, 3.8) is 0 Å². The number of benzene rings is 1. The van der Waals surface area contributed by atoms with Crippen molar-refractivity contribution in [2.24, 2.45) is 0 Å². The van der Waals surface area contributed by atoms with Crippen molar-refractivity contribution in [2.75, 3.05) is 0 Å². The number of imide groups is 1. The molecule has 1 aromatic rings. The number of esters is 1. The van der Waals surface area contributed by atoms with E-state index >= 15 is 0 Å². The van der Waals surface area contributed by atoms with Crippen LogP contribution in [0, 0.1) is 5.82 Å². The molecule has 0 saturated heterocycles. The van der Waals surface area contributed by atoms with E-state index in [2.05, 4.69) is 26.6 Å². The Labute approximate surface area is 153 Å². The highest BCUT2D eigenvalue weighted by atomic mass is 79.9. The van der Waals surface area contributed by atoms with Crippen LogP contribution in [0.4, 0.5) is 9.18 Å². The average Bonchev–Trinajstić information content (AvgIpc) is 2.55. The summed E-state index contributed by atoms with van der Waals surface area (Å²) in [5, 5.41) is 4.91. The minimum atomic E-state index is -1.17. The highest BCUT2D eigenvalue weighted by molar-refractivity contribution is 9.10. The molecular formula is C17H20BrFN2O4. The largest absolute Gasteiger partial charge is 0.449 e. The number of carbonyl (C=O) groups is 3. The zero-order chi connectivity index (χ0) is 18.4. The monoisotopic (exact) mass is 414 g/mol. The Morgan fingerprint density at radius 2 is 1.92 bits per heavy atom. The molecule has 2 N–H and O–H groups in total. The second kappa shape index (κ2) is 8.94. The molecule has 0 aromatic heterocycles. The SMILES string of the molecule is CC(OC(=O)c1ccc(F)cc1Br)C(=O)NC(=O)NC1CCCCC1. The van der Waals surface area contributed by atoms with E-state index in [1.54, 1.807) is 0 Å². The third kappa shape index (κ3) is 5.81. The lowest BCUT2D eigenvalue weighted by Gasteiger charge is -2.23. The Balaban J connectivity index is 1.84. The van der Waals surface area contributed by atoms with Gasteiger partial charge in [-0.2, -0.15) is 0 Å². The van der Waals surface area contributed by atoms with E-state index < -0.39 is 29.8 Å². The van der Waals surface area contributed by atoms with Crippen LogP contribution in [0.1, 0.15) is 49.4 Å². The van der Waals surface area contributed by atoms with E-state index in [4.69, 9.17) is 4.74 Å². The molecule has 1 aliphatic carbocycles. The maximum atomic E-state index is 13.0. The van der Waals surface area contributed by atoms with Gasteiger partial charge in [-0.3, -0.25) is 10.1 Å². The van der Waals surface area contributed by atoms with Crippen molar-refractivity contribution in [3.05, 3.63) is 34.1 Å². The fourth-order valence-electron chi connectivity index (χ4n) is 2.61. The van der Waals surface area contributed by atoms with Gasteiger partial charge in [0.1, 0.15) is 5.82 Å². The topological polar surface area (TPSA) is 84.5 Å². The fraction of sp³-hybridized carbons (Fsp3) is 0.471. The third-order valence-electron chi connectivity index (χ3n) is 3.98.